The van der Waals surface area contributed by atoms with Crippen LogP contribution in [0.3, 0.4) is 0 Å². The Kier molecular flexibility index (Phi) is 10.7. The Morgan fingerprint density at radius 2 is 1.61 bits per heavy atom. The highest BCUT2D eigenvalue weighted by molar-refractivity contribution is 7.99. The molecule has 7 aliphatic rings. The molecule has 13 nitrogen and oxygen atoms in total. The molecule has 4 bridgehead atoms. The summed E-state index contributed by atoms with van der Waals surface area (Å²) in [5.74, 6) is 3.28. The zero-order valence-electron chi connectivity index (χ0n) is 37.6. The normalized spacial score (nSPS) is 26.0. The molecule has 7 heterocycles. The Bertz CT molecular complexity index is 2790. The number of nitriles is 1. The van der Waals surface area contributed by atoms with E-state index in [1.54, 1.807) is 26.0 Å². The Balaban J connectivity index is 1.09. The van der Waals surface area contributed by atoms with E-state index in [9.17, 15) is 10.4 Å². The number of methoxy groups -OCH3 is 2. The second-order valence-corrected chi connectivity index (χ2v) is 19.2. The minimum absolute atomic E-state index is 0.0210. The molecule has 14 heteroatoms. The van der Waals surface area contributed by atoms with Crippen LogP contribution in [-0.4, -0.2) is 86.0 Å². The molecule has 7 aliphatic heterocycles. The number of hydrogen-bond donors (Lipinski definition) is 2. The van der Waals surface area contributed by atoms with Crippen LogP contribution in [0.4, 0.5) is 0 Å². The third kappa shape index (κ3) is 6.49. The van der Waals surface area contributed by atoms with Crippen LogP contribution in [-0.2, 0) is 41.1 Å². The van der Waals surface area contributed by atoms with Crippen molar-refractivity contribution < 1.29 is 43.1 Å². The van der Waals surface area contributed by atoms with Gasteiger partial charge in [0.1, 0.15) is 31.6 Å². The number of piperazine rings is 1. The van der Waals surface area contributed by atoms with Gasteiger partial charge < -0.3 is 38.3 Å². The number of benzene rings is 5. The summed E-state index contributed by atoms with van der Waals surface area (Å²) < 4.78 is 44.4. The molecule has 0 amide bonds. The number of rotatable bonds is 8. The fourth-order valence-corrected chi connectivity index (χ4v) is 13.3. The van der Waals surface area contributed by atoms with Crippen LogP contribution >= 0.6 is 11.8 Å². The first kappa shape index (κ1) is 42.5. The number of likely N-dealkylation sites (N-methyl/N-ethyl adjacent to an activating group) is 1. The van der Waals surface area contributed by atoms with E-state index in [2.05, 4.69) is 34.3 Å². The maximum absolute atomic E-state index is 15.2. The van der Waals surface area contributed by atoms with Gasteiger partial charge in [0.2, 0.25) is 6.79 Å². The summed E-state index contributed by atoms with van der Waals surface area (Å²) >= 11 is 1.57. The van der Waals surface area contributed by atoms with E-state index in [4.69, 9.17) is 33.2 Å². The molecule has 66 heavy (non-hydrogen) atoms. The van der Waals surface area contributed by atoms with Crippen LogP contribution in [0.1, 0.15) is 73.0 Å². The number of ether oxygens (including phenoxy) is 7. The first-order valence-electron chi connectivity index (χ1n) is 22.5. The van der Waals surface area contributed by atoms with Crippen LogP contribution in [0.2, 0.25) is 0 Å². The first-order chi connectivity index (χ1) is 32.2. The maximum atomic E-state index is 15.2. The highest BCUT2D eigenvalue weighted by Crippen LogP contribution is 2.64. The number of aromatic hydroxyl groups is 1. The van der Waals surface area contributed by atoms with Crippen molar-refractivity contribution in [3.63, 3.8) is 0 Å². The number of phenols is 1. The fourth-order valence-electron chi connectivity index (χ4n) is 11.6. The maximum Gasteiger partial charge on any atom is 0.331 e. The summed E-state index contributed by atoms with van der Waals surface area (Å²) in [7, 11) is 5.38. The van der Waals surface area contributed by atoms with Crippen molar-refractivity contribution in [2.75, 3.05) is 47.0 Å². The number of nitrogens with one attached hydrogen (secondary N) is 1. The van der Waals surface area contributed by atoms with Crippen molar-refractivity contribution in [3.8, 4) is 46.3 Å². The molecule has 1 spiro atoms. The lowest BCUT2D eigenvalue weighted by atomic mass is 9.71. The van der Waals surface area contributed by atoms with Crippen molar-refractivity contribution in [1.82, 2.24) is 15.1 Å². The summed E-state index contributed by atoms with van der Waals surface area (Å²) in [4.78, 5) is 19.8. The number of phenolic OH excluding ortho intramolecular Hbond substituents is 1. The predicted molar refractivity (Wildman–Crippen MR) is 247 cm³/mol. The minimum atomic E-state index is -1.31. The zero-order valence-corrected chi connectivity index (χ0v) is 38.4. The molecule has 340 valence electrons. The molecule has 2 fully saturated rings. The summed E-state index contributed by atoms with van der Waals surface area (Å²) in [5, 5.41) is 27.1. The summed E-state index contributed by atoms with van der Waals surface area (Å²) in [5.41, 5.74) is 7.43. The summed E-state index contributed by atoms with van der Waals surface area (Å²) in [6.45, 7) is 4.93. The molecule has 1 unspecified atom stereocenters. The molecule has 0 saturated carbocycles. The Morgan fingerprint density at radius 3 is 2.32 bits per heavy atom. The number of fused-ring (bicyclic) bond motifs is 9. The summed E-state index contributed by atoms with van der Waals surface area (Å²) in [6.07, 6.45) is 1.23. The number of carbonyl (C=O) groups is 1. The number of aryl methyl sites for hydroxylation is 1. The molecule has 5 aromatic carbocycles. The van der Waals surface area contributed by atoms with E-state index in [1.807, 2.05) is 86.6 Å². The number of thioether (sulfide) groups is 1. The first-order valence-corrected chi connectivity index (χ1v) is 23.5. The van der Waals surface area contributed by atoms with Crippen molar-refractivity contribution in [2.24, 2.45) is 0 Å². The van der Waals surface area contributed by atoms with Gasteiger partial charge in [-0.25, -0.2) is 4.79 Å². The SMILES string of the molecule is COc1cc2c(cc1OCc1ccccc1)CCN[C@]21CS[C@@H]2c3c(O)c(C)c4c(c3[C@H](COC1=O)N1C2[C@@H]2c3c(cc(C)c(OC)c3OCc3ccccc3)C[C@@H]([C@@H]1C#N)N2C)OCO4. The van der Waals surface area contributed by atoms with Crippen LogP contribution < -0.4 is 33.7 Å². The van der Waals surface area contributed by atoms with Crippen molar-refractivity contribution in [1.29, 1.82) is 5.26 Å². The largest absolute Gasteiger partial charge is 0.507 e. The van der Waals surface area contributed by atoms with E-state index in [1.165, 1.54) is 0 Å². The number of hydrogen-bond acceptors (Lipinski definition) is 14. The predicted octanol–water partition coefficient (Wildman–Crippen LogP) is 7.51. The second-order valence-electron chi connectivity index (χ2n) is 18.0. The smallest absolute Gasteiger partial charge is 0.331 e. The third-order valence-electron chi connectivity index (χ3n) is 14.6. The van der Waals surface area contributed by atoms with Crippen LogP contribution in [0.5, 0.6) is 40.2 Å². The van der Waals surface area contributed by atoms with E-state index in [0.717, 1.165) is 38.9 Å². The minimum Gasteiger partial charge on any atom is -0.507 e. The van der Waals surface area contributed by atoms with E-state index >= 15 is 4.79 Å². The van der Waals surface area contributed by atoms with Gasteiger partial charge in [0, 0.05) is 46.6 Å². The van der Waals surface area contributed by atoms with Gasteiger partial charge in [-0.3, -0.25) is 15.1 Å². The molecule has 0 radical (unpaired) electrons. The Morgan fingerprint density at radius 1 is 0.879 bits per heavy atom. The molecular formula is C52H52N4O9S. The molecule has 12 rings (SSSR count). The van der Waals surface area contributed by atoms with Gasteiger partial charge in [-0.1, -0.05) is 66.7 Å². The standard InChI is InChI=1S/C52H52N4O9S/c1-28-18-33-19-35-36(22-53)56-37-25-63-51(58)52(34-21-38(59-4)39(20-32(34)16-17-54-52)61-23-30-12-8-6-9-13-30)26-66-50(42-41(37)49-47(64-27-65-49)29(2)45(42)57)44(56)43(55(35)3)40(33)48(46(28)60-5)62-24-31-14-10-7-11-15-31/h6-15,18,20-21,35-37,43-44,50,54,57H,16-17,19,23-27H2,1-5H3/t35-,36-,37-,43-,44?,50+,52+/m0/s1. The second kappa shape index (κ2) is 16.6. The van der Waals surface area contributed by atoms with Gasteiger partial charge in [0.15, 0.2) is 40.0 Å². The Labute approximate surface area is 388 Å². The average molecular weight is 909 g/mol. The van der Waals surface area contributed by atoms with Gasteiger partial charge in [0.05, 0.1) is 37.6 Å². The van der Waals surface area contributed by atoms with Crippen LogP contribution in [0.15, 0.2) is 78.9 Å². The number of carbonyl (C=O) groups excluding carboxylic acids is 1. The molecule has 7 atom stereocenters. The van der Waals surface area contributed by atoms with Gasteiger partial charge in [-0.05, 0) is 79.3 Å². The van der Waals surface area contributed by atoms with Crippen LogP contribution in [0, 0.1) is 25.2 Å². The highest BCUT2D eigenvalue weighted by atomic mass is 32.2. The zero-order chi connectivity index (χ0) is 45.4. The van der Waals surface area contributed by atoms with Crippen LogP contribution in [0.25, 0.3) is 0 Å². The molecule has 2 saturated heterocycles. The topological polar surface area (TPSA) is 144 Å². The van der Waals surface area contributed by atoms with Gasteiger partial charge >= 0.3 is 5.97 Å². The van der Waals surface area contributed by atoms with Crippen molar-refractivity contribution >= 4 is 17.7 Å². The number of esters is 1. The monoisotopic (exact) mass is 908 g/mol. The summed E-state index contributed by atoms with van der Waals surface area (Å²) in [6, 6.07) is 26.5. The lowest BCUT2D eigenvalue weighted by Gasteiger charge is -2.62. The van der Waals surface area contributed by atoms with Gasteiger partial charge in [0.25, 0.3) is 0 Å². The highest BCUT2D eigenvalue weighted by Gasteiger charge is 2.62. The molecule has 0 aliphatic carbocycles. The van der Waals surface area contributed by atoms with Crippen molar-refractivity contribution in [3.05, 3.63) is 134 Å². The number of nitrogens with zero attached hydrogens (tertiary/aromatic N) is 3. The third-order valence-corrected chi connectivity index (χ3v) is 16.1. The van der Waals surface area contributed by atoms with E-state index in [0.29, 0.717) is 83.8 Å². The quantitative estimate of drug-likeness (QED) is 0.148. The van der Waals surface area contributed by atoms with E-state index < -0.39 is 34.9 Å². The van der Waals surface area contributed by atoms with Gasteiger partial charge in [-0.15, -0.1) is 11.8 Å². The lowest BCUT2D eigenvalue weighted by Crippen LogP contribution is -2.69. The fraction of sp³-hybridized carbons (Fsp3) is 0.385. The van der Waals surface area contributed by atoms with Crippen molar-refractivity contribution in [2.45, 2.75) is 80.9 Å². The molecule has 5 aromatic rings. The van der Waals surface area contributed by atoms with E-state index in [-0.39, 0.29) is 37.0 Å². The van der Waals surface area contributed by atoms with Gasteiger partial charge in [-0.2, -0.15) is 5.26 Å². The molecule has 2 N–H and O–H groups in total. The average Bonchev–Trinajstić information content (AvgIpc) is 3.83. The Hall–Kier alpha value is -6.11. The molecule has 0 aromatic heterocycles. The lowest BCUT2D eigenvalue weighted by molar-refractivity contribution is -0.157. The molecular weight excluding hydrogens is 857 g/mol.